The monoisotopic (exact) mass is 299 g/mol. The summed E-state index contributed by atoms with van der Waals surface area (Å²) in [6.07, 6.45) is 0.764. The summed E-state index contributed by atoms with van der Waals surface area (Å²) in [5.74, 6) is 0.803. The van der Waals surface area contributed by atoms with Crippen LogP contribution in [-0.4, -0.2) is 23.4 Å². The van der Waals surface area contributed by atoms with Crippen molar-refractivity contribution in [1.29, 1.82) is 0 Å². The highest BCUT2D eigenvalue weighted by atomic mass is 32.1. The number of thiophene rings is 1. The summed E-state index contributed by atoms with van der Waals surface area (Å²) in [7, 11) is 1.67. The highest BCUT2D eigenvalue weighted by molar-refractivity contribution is 7.13. The van der Waals surface area contributed by atoms with Gasteiger partial charge in [0.2, 0.25) is 0 Å². The number of benzene rings is 1. The van der Waals surface area contributed by atoms with Crippen LogP contribution in [0.2, 0.25) is 0 Å². The van der Waals surface area contributed by atoms with Gasteiger partial charge in [0.15, 0.2) is 0 Å². The van der Waals surface area contributed by atoms with Crippen LogP contribution in [-0.2, 0) is 6.42 Å². The fraction of sp³-hybridized carbons (Fsp3) is 0.188. The lowest BCUT2D eigenvalue weighted by Crippen LogP contribution is -2.05. The molecule has 0 aliphatic carbocycles. The quantitative estimate of drug-likeness (QED) is 0.787. The van der Waals surface area contributed by atoms with Gasteiger partial charge in [0.1, 0.15) is 11.4 Å². The topological polar surface area (TPSA) is 53.1 Å². The number of hydrogen-bond donors (Lipinski definition) is 1. The maximum absolute atomic E-state index is 5.66. The fourth-order valence-electron chi connectivity index (χ4n) is 2.29. The second-order valence-corrected chi connectivity index (χ2v) is 5.57. The van der Waals surface area contributed by atoms with Crippen LogP contribution in [0.25, 0.3) is 16.3 Å². The van der Waals surface area contributed by atoms with E-state index in [4.69, 9.17) is 15.6 Å². The van der Waals surface area contributed by atoms with Gasteiger partial charge in [-0.2, -0.15) is 5.10 Å². The van der Waals surface area contributed by atoms with E-state index in [2.05, 4.69) is 17.5 Å². The van der Waals surface area contributed by atoms with Gasteiger partial charge in [-0.1, -0.05) is 18.2 Å². The van der Waals surface area contributed by atoms with E-state index in [0.717, 1.165) is 29.2 Å². The number of nitrogens with two attached hydrogens (primary N) is 1. The second kappa shape index (κ2) is 6.11. The Kier molecular flexibility index (Phi) is 4.03. The molecule has 2 heterocycles. The van der Waals surface area contributed by atoms with E-state index in [9.17, 15) is 0 Å². The highest BCUT2D eigenvalue weighted by Crippen LogP contribution is 2.31. The summed E-state index contributed by atoms with van der Waals surface area (Å²) in [6, 6.07) is 14.1. The third-order valence-electron chi connectivity index (χ3n) is 3.25. The Bertz CT molecular complexity index is 719. The first-order chi connectivity index (χ1) is 10.3. The van der Waals surface area contributed by atoms with E-state index >= 15 is 0 Å². The molecule has 0 saturated heterocycles. The van der Waals surface area contributed by atoms with Crippen LogP contribution in [0.1, 0.15) is 5.69 Å². The minimum absolute atomic E-state index is 0.590. The predicted molar refractivity (Wildman–Crippen MR) is 86.2 cm³/mol. The third kappa shape index (κ3) is 2.70. The van der Waals surface area contributed by atoms with Gasteiger partial charge in [-0.15, -0.1) is 11.3 Å². The van der Waals surface area contributed by atoms with Crippen LogP contribution >= 0.6 is 11.3 Å². The van der Waals surface area contributed by atoms with E-state index in [0.29, 0.717) is 6.54 Å². The Morgan fingerprint density at radius 1 is 1.24 bits per heavy atom. The van der Waals surface area contributed by atoms with Crippen molar-refractivity contribution in [3.63, 3.8) is 0 Å². The Hall–Kier alpha value is -2.11. The maximum atomic E-state index is 5.66. The first kappa shape index (κ1) is 13.9. The van der Waals surface area contributed by atoms with Gasteiger partial charge in [0.05, 0.1) is 23.4 Å². The summed E-state index contributed by atoms with van der Waals surface area (Å²) in [5.41, 5.74) is 8.66. The van der Waals surface area contributed by atoms with Crippen molar-refractivity contribution in [3.05, 3.63) is 53.5 Å². The smallest absolute Gasteiger partial charge is 0.144 e. The van der Waals surface area contributed by atoms with Crippen LogP contribution in [0.3, 0.4) is 0 Å². The summed E-state index contributed by atoms with van der Waals surface area (Å²) < 4.78 is 7.40. The Balaban J connectivity index is 2.16. The maximum Gasteiger partial charge on any atom is 0.144 e. The normalized spacial score (nSPS) is 10.8. The molecule has 2 N–H and O–H groups in total. The van der Waals surface area contributed by atoms with Crippen molar-refractivity contribution in [2.24, 2.45) is 5.73 Å². The van der Waals surface area contributed by atoms with Crippen molar-refractivity contribution in [2.45, 2.75) is 6.42 Å². The molecule has 0 unspecified atom stereocenters. The Morgan fingerprint density at radius 3 is 2.81 bits per heavy atom. The molecule has 0 aliphatic heterocycles. The number of nitrogens with zero attached hydrogens (tertiary/aromatic N) is 2. The summed E-state index contributed by atoms with van der Waals surface area (Å²) in [6.45, 7) is 0.590. The predicted octanol–water partition coefficient (Wildman–Crippen LogP) is 3.11. The first-order valence-corrected chi connectivity index (χ1v) is 7.67. The first-order valence-electron chi connectivity index (χ1n) is 6.79. The minimum atomic E-state index is 0.590. The van der Waals surface area contributed by atoms with Gasteiger partial charge in [-0.05, 0) is 36.2 Å². The molecule has 2 aromatic heterocycles. The van der Waals surface area contributed by atoms with E-state index in [1.54, 1.807) is 18.4 Å². The number of ether oxygens (including phenoxy) is 1. The molecule has 108 valence electrons. The summed E-state index contributed by atoms with van der Waals surface area (Å²) >= 11 is 1.70. The molecule has 0 saturated carbocycles. The van der Waals surface area contributed by atoms with Gasteiger partial charge in [-0.25, -0.2) is 4.68 Å². The van der Waals surface area contributed by atoms with E-state index in [1.807, 2.05) is 35.0 Å². The van der Waals surface area contributed by atoms with Crippen molar-refractivity contribution in [2.75, 3.05) is 13.7 Å². The summed E-state index contributed by atoms with van der Waals surface area (Å²) in [4.78, 5) is 1.18. The molecular formula is C16H17N3OS. The molecule has 0 atom stereocenters. The van der Waals surface area contributed by atoms with Crippen LogP contribution in [0, 0.1) is 0 Å². The van der Waals surface area contributed by atoms with E-state index < -0.39 is 0 Å². The zero-order valence-corrected chi connectivity index (χ0v) is 12.6. The molecule has 21 heavy (non-hydrogen) atoms. The largest absolute Gasteiger partial charge is 0.494 e. The Morgan fingerprint density at radius 2 is 2.10 bits per heavy atom. The van der Waals surface area contributed by atoms with Crippen molar-refractivity contribution >= 4 is 11.3 Å². The number of para-hydroxylation sites is 2. The van der Waals surface area contributed by atoms with Crippen molar-refractivity contribution < 1.29 is 4.74 Å². The Labute approximate surface area is 127 Å². The van der Waals surface area contributed by atoms with Crippen LogP contribution in [0.15, 0.2) is 47.8 Å². The zero-order chi connectivity index (χ0) is 14.7. The van der Waals surface area contributed by atoms with Crippen LogP contribution < -0.4 is 10.5 Å². The average Bonchev–Trinajstić information content (AvgIpc) is 3.16. The van der Waals surface area contributed by atoms with Crippen LogP contribution in [0.5, 0.6) is 5.75 Å². The lowest BCUT2D eigenvalue weighted by atomic mass is 10.2. The number of hydrogen-bond acceptors (Lipinski definition) is 4. The standard InChI is InChI=1S/C16H17N3OS/c1-20-15-6-3-2-5-13(15)19-14(16-7-4-10-21-16)11-12(18-19)8-9-17/h2-7,10-11H,8-9,17H2,1H3. The molecule has 4 nitrogen and oxygen atoms in total. The molecule has 0 spiro atoms. The third-order valence-corrected chi connectivity index (χ3v) is 4.14. The SMILES string of the molecule is COc1ccccc1-n1nc(CCN)cc1-c1cccs1. The molecular weight excluding hydrogens is 282 g/mol. The van der Waals surface area contributed by atoms with Crippen molar-refractivity contribution in [3.8, 4) is 22.0 Å². The van der Waals surface area contributed by atoms with E-state index in [-0.39, 0.29) is 0 Å². The van der Waals surface area contributed by atoms with Crippen molar-refractivity contribution in [1.82, 2.24) is 9.78 Å². The molecule has 1 aromatic carbocycles. The summed E-state index contributed by atoms with van der Waals surface area (Å²) in [5, 5.41) is 6.77. The van der Waals surface area contributed by atoms with Gasteiger partial charge >= 0.3 is 0 Å². The number of methoxy groups -OCH3 is 1. The lowest BCUT2D eigenvalue weighted by Gasteiger charge is -2.10. The molecule has 3 rings (SSSR count). The van der Waals surface area contributed by atoms with Gasteiger partial charge in [-0.3, -0.25) is 0 Å². The lowest BCUT2D eigenvalue weighted by molar-refractivity contribution is 0.412. The molecule has 0 amide bonds. The highest BCUT2D eigenvalue weighted by Gasteiger charge is 2.14. The molecule has 0 bridgehead atoms. The van der Waals surface area contributed by atoms with Gasteiger partial charge in [0.25, 0.3) is 0 Å². The average molecular weight is 299 g/mol. The minimum Gasteiger partial charge on any atom is -0.494 e. The van der Waals surface area contributed by atoms with Gasteiger partial charge < -0.3 is 10.5 Å². The van der Waals surface area contributed by atoms with E-state index in [1.165, 1.54) is 4.88 Å². The molecule has 0 aliphatic rings. The number of rotatable bonds is 5. The van der Waals surface area contributed by atoms with Crippen LogP contribution in [0.4, 0.5) is 0 Å². The number of aromatic nitrogens is 2. The molecule has 5 heteroatoms. The van der Waals surface area contributed by atoms with Gasteiger partial charge in [0, 0.05) is 6.42 Å². The molecule has 0 radical (unpaired) electrons. The molecule has 0 fully saturated rings. The molecule has 3 aromatic rings. The zero-order valence-electron chi connectivity index (χ0n) is 11.8. The fourth-order valence-corrected chi connectivity index (χ4v) is 3.02. The second-order valence-electron chi connectivity index (χ2n) is 4.62.